The second kappa shape index (κ2) is 6.08. The van der Waals surface area contributed by atoms with Crippen LogP contribution < -0.4 is 5.32 Å². The second-order valence-electron chi connectivity index (χ2n) is 6.35. The van der Waals surface area contributed by atoms with Crippen LogP contribution in [-0.4, -0.2) is 29.5 Å². The highest BCUT2D eigenvalue weighted by molar-refractivity contribution is 7.15. The maximum absolute atomic E-state index is 12.5. The Labute approximate surface area is 126 Å². The molecule has 2 rings (SSSR count). The van der Waals surface area contributed by atoms with E-state index in [1.807, 2.05) is 0 Å². The third-order valence-corrected chi connectivity index (χ3v) is 4.41. The van der Waals surface area contributed by atoms with E-state index in [1.54, 1.807) is 0 Å². The molecule has 1 aliphatic rings. The molecule has 0 bridgehead atoms. The number of alkyl halides is 3. The topological polar surface area (TPSA) is 47.0 Å². The number of hydrogen-bond acceptors (Lipinski definition) is 5. The number of nitrogens with one attached hydrogen (secondary N) is 1. The van der Waals surface area contributed by atoms with Gasteiger partial charge in [0.25, 0.3) is 0 Å². The van der Waals surface area contributed by atoms with Gasteiger partial charge in [0.05, 0.1) is 6.10 Å². The van der Waals surface area contributed by atoms with Gasteiger partial charge in [0.2, 0.25) is 10.1 Å². The Morgan fingerprint density at radius 3 is 2.57 bits per heavy atom. The standard InChI is InChI=1S/C13H20F3N3OS/c1-12(2,3)9-8(5-4-6-20-9)7-17-11-19-18-10(21-11)13(14,15)16/h8-9H,4-7H2,1-3H3,(H,17,19). The van der Waals surface area contributed by atoms with Crippen LogP contribution in [0.4, 0.5) is 18.3 Å². The first-order valence-corrected chi connectivity index (χ1v) is 7.76. The molecular formula is C13H20F3N3OS. The molecule has 0 aromatic carbocycles. The Hall–Kier alpha value is -0.890. The van der Waals surface area contributed by atoms with Crippen LogP contribution in [0.15, 0.2) is 0 Å². The molecule has 2 atom stereocenters. The minimum absolute atomic E-state index is 0.00499. The molecule has 8 heteroatoms. The van der Waals surface area contributed by atoms with Gasteiger partial charge in [-0.25, -0.2) is 0 Å². The van der Waals surface area contributed by atoms with Gasteiger partial charge in [-0.3, -0.25) is 0 Å². The van der Waals surface area contributed by atoms with E-state index in [0.29, 0.717) is 17.9 Å². The van der Waals surface area contributed by atoms with E-state index in [4.69, 9.17) is 4.74 Å². The van der Waals surface area contributed by atoms with Crippen LogP contribution in [0.1, 0.15) is 38.6 Å². The zero-order chi connectivity index (χ0) is 15.7. The monoisotopic (exact) mass is 323 g/mol. The third-order valence-electron chi connectivity index (χ3n) is 3.48. The lowest BCUT2D eigenvalue weighted by Crippen LogP contribution is -2.42. The Morgan fingerprint density at radius 1 is 1.29 bits per heavy atom. The van der Waals surface area contributed by atoms with E-state index >= 15 is 0 Å². The molecule has 1 aromatic rings. The summed E-state index contributed by atoms with van der Waals surface area (Å²) in [5, 5.41) is 8.98. The molecular weight excluding hydrogens is 303 g/mol. The van der Waals surface area contributed by atoms with Crippen LogP contribution in [-0.2, 0) is 10.9 Å². The molecule has 21 heavy (non-hydrogen) atoms. The van der Waals surface area contributed by atoms with Crippen LogP contribution in [0, 0.1) is 11.3 Å². The summed E-state index contributed by atoms with van der Waals surface area (Å²) in [5.41, 5.74) is 0.00499. The predicted molar refractivity (Wildman–Crippen MR) is 75.3 cm³/mol. The lowest BCUT2D eigenvalue weighted by atomic mass is 9.78. The minimum atomic E-state index is -4.43. The van der Waals surface area contributed by atoms with Crippen molar-refractivity contribution in [1.82, 2.24) is 10.2 Å². The normalized spacial score (nSPS) is 24.1. The average molecular weight is 323 g/mol. The maximum atomic E-state index is 12.5. The van der Waals surface area contributed by atoms with E-state index in [1.165, 1.54) is 0 Å². The summed E-state index contributed by atoms with van der Waals surface area (Å²) in [6, 6.07) is 0. The Bertz CT molecular complexity index is 470. The molecule has 0 aliphatic carbocycles. The van der Waals surface area contributed by atoms with Gasteiger partial charge in [0, 0.05) is 19.1 Å². The van der Waals surface area contributed by atoms with Gasteiger partial charge in [-0.15, -0.1) is 10.2 Å². The molecule has 2 heterocycles. The fourth-order valence-electron chi connectivity index (χ4n) is 2.64. The SMILES string of the molecule is CC(C)(C)C1OCCCC1CNc1nnc(C(F)(F)F)s1. The van der Waals surface area contributed by atoms with E-state index in [9.17, 15) is 13.2 Å². The van der Waals surface area contributed by atoms with E-state index in [0.717, 1.165) is 19.4 Å². The predicted octanol–water partition coefficient (Wildman–Crippen LogP) is 3.81. The zero-order valence-electron chi connectivity index (χ0n) is 12.3. The molecule has 1 fully saturated rings. The van der Waals surface area contributed by atoms with Gasteiger partial charge < -0.3 is 10.1 Å². The quantitative estimate of drug-likeness (QED) is 0.919. The molecule has 0 spiro atoms. The van der Waals surface area contributed by atoms with Gasteiger partial charge in [-0.05, 0) is 18.3 Å². The highest BCUT2D eigenvalue weighted by Gasteiger charge is 2.37. The lowest BCUT2D eigenvalue weighted by molar-refractivity contribution is -0.138. The second-order valence-corrected chi connectivity index (χ2v) is 7.33. The molecule has 0 amide bonds. The van der Waals surface area contributed by atoms with Crippen LogP contribution >= 0.6 is 11.3 Å². The van der Waals surface area contributed by atoms with Gasteiger partial charge in [-0.1, -0.05) is 32.1 Å². The molecule has 1 aliphatic heterocycles. The summed E-state index contributed by atoms with van der Waals surface area (Å²) in [5.74, 6) is 0.261. The van der Waals surface area contributed by atoms with E-state index < -0.39 is 11.2 Å². The number of halogens is 3. The highest BCUT2D eigenvalue weighted by atomic mass is 32.1. The lowest BCUT2D eigenvalue weighted by Gasteiger charge is -2.40. The number of anilines is 1. The molecule has 0 radical (unpaired) electrons. The molecule has 2 unspecified atom stereocenters. The molecule has 1 saturated heterocycles. The molecule has 1 N–H and O–H groups in total. The first-order valence-electron chi connectivity index (χ1n) is 6.94. The van der Waals surface area contributed by atoms with Gasteiger partial charge in [0.15, 0.2) is 0 Å². The van der Waals surface area contributed by atoms with Crippen LogP contribution in [0.3, 0.4) is 0 Å². The van der Waals surface area contributed by atoms with Gasteiger partial charge in [-0.2, -0.15) is 13.2 Å². The van der Waals surface area contributed by atoms with Gasteiger partial charge in [0.1, 0.15) is 0 Å². The smallest absolute Gasteiger partial charge is 0.377 e. The fourth-order valence-corrected chi connectivity index (χ4v) is 3.25. The number of nitrogens with zero attached hydrogens (tertiary/aromatic N) is 2. The van der Waals surface area contributed by atoms with Crippen molar-refractivity contribution in [2.24, 2.45) is 11.3 Å². The van der Waals surface area contributed by atoms with Crippen molar-refractivity contribution in [2.45, 2.75) is 45.9 Å². The molecule has 120 valence electrons. The summed E-state index contributed by atoms with van der Waals surface area (Å²) >= 11 is 0.538. The average Bonchev–Trinajstić information content (AvgIpc) is 2.84. The van der Waals surface area contributed by atoms with Crippen LogP contribution in [0.2, 0.25) is 0 Å². The first-order chi connectivity index (χ1) is 9.68. The van der Waals surface area contributed by atoms with Crippen molar-refractivity contribution in [2.75, 3.05) is 18.5 Å². The van der Waals surface area contributed by atoms with Gasteiger partial charge >= 0.3 is 6.18 Å². The molecule has 1 aromatic heterocycles. The van der Waals surface area contributed by atoms with Crippen molar-refractivity contribution >= 4 is 16.5 Å². The number of rotatable bonds is 3. The number of hydrogen-bond donors (Lipinski definition) is 1. The summed E-state index contributed by atoms with van der Waals surface area (Å²) in [6.07, 6.45) is -2.36. The van der Waals surface area contributed by atoms with E-state index in [2.05, 4.69) is 36.3 Å². The minimum Gasteiger partial charge on any atom is -0.377 e. The van der Waals surface area contributed by atoms with Crippen molar-refractivity contribution < 1.29 is 17.9 Å². The summed E-state index contributed by atoms with van der Waals surface area (Å²) in [7, 11) is 0. The zero-order valence-corrected chi connectivity index (χ0v) is 13.1. The summed E-state index contributed by atoms with van der Waals surface area (Å²) < 4.78 is 43.3. The van der Waals surface area contributed by atoms with E-state index in [-0.39, 0.29) is 22.6 Å². The highest BCUT2D eigenvalue weighted by Crippen LogP contribution is 2.35. The Morgan fingerprint density at radius 2 is 2.00 bits per heavy atom. The largest absolute Gasteiger partial charge is 0.445 e. The Kier molecular flexibility index (Phi) is 4.77. The van der Waals surface area contributed by atoms with Crippen LogP contribution in [0.5, 0.6) is 0 Å². The maximum Gasteiger partial charge on any atom is 0.445 e. The molecule has 0 saturated carbocycles. The Balaban J connectivity index is 1.96. The number of aromatic nitrogens is 2. The number of ether oxygens (including phenoxy) is 1. The first kappa shape index (κ1) is 16.5. The van der Waals surface area contributed by atoms with Crippen LogP contribution in [0.25, 0.3) is 0 Å². The summed E-state index contributed by atoms with van der Waals surface area (Å²) in [6.45, 7) is 7.64. The van der Waals surface area contributed by atoms with Crippen molar-refractivity contribution in [3.8, 4) is 0 Å². The van der Waals surface area contributed by atoms with Crippen molar-refractivity contribution in [3.63, 3.8) is 0 Å². The third kappa shape index (κ3) is 4.29. The van der Waals surface area contributed by atoms with Crippen molar-refractivity contribution in [3.05, 3.63) is 5.01 Å². The summed E-state index contributed by atoms with van der Waals surface area (Å²) in [4.78, 5) is 0. The molecule has 4 nitrogen and oxygen atoms in total. The van der Waals surface area contributed by atoms with Crippen molar-refractivity contribution in [1.29, 1.82) is 0 Å². The fraction of sp³-hybridized carbons (Fsp3) is 0.846.